The number of amides is 5. The Balaban J connectivity index is 0.00000269. The minimum atomic E-state index is -5.08. The van der Waals surface area contributed by atoms with Crippen molar-refractivity contribution < 1.29 is 76.7 Å². The Bertz CT molecular complexity index is 1930. The zero-order valence-electron chi connectivity index (χ0n) is 34.5. The summed E-state index contributed by atoms with van der Waals surface area (Å²) < 4.78 is 31.7. The Labute approximate surface area is 362 Å². The van der Waals surface area contributed by atoms with Crippen LogP contribution in [0.1, 0.15) is 57.2 Å². The highest BCUT2D eigenvalue weighted by atomic mass is 19.4. The first-order valence-corrected chi connectivity index (χ1v) is 19.1. The third kappa shape index (κ3) is 21.5. The van der Waals surface area contributed by atoms with Crippen LogP contribution in [0.15, 0.2) is 47.8 Å². The van der Waals surface area contributed by atoms with Crippen LogP contribution in [0.2, 0.25) is 0 Å². The molecule has 0 aliphatic rings. The fraction of sp³-hybridized carbons (Fsp3) is 0.486. The number of H-pyrrole nitrogens is 1. The SMILES string of the molecule is CC(C)[C@H](NC(=O)[C@@H](N)CC(=O)O)C(=O)N[C@@H](CCC(=O)O)C(=O)N[C@@H](Cc1ccccc1)C(=O)N[C@@H](CCCN=C(N)N)C(=O)N[C@@H](Cc1cnc[nH]1)C(=O)O.O=C(O)C(F)(F)F. The van der Waals surface area contributed by atoms with Crippen molar-refractivity contribution in [2.45, 2.75) is 101 Å². The van der Waals surface area contributed by atoms with Crippen molar-refractivity contribution in [2.75, 3.05) is 6.54 Å². The number of nitrogens with two attached hydrogens (primary N) is 3. The third-order valence-corrected chi connectivity index (χ3v) is 8.59. The summed E-state index contributed by atoms with van der Waals surface area (Å²) >= 11 is 0. The van der Waals surface area contributed by atoms with Crippen LogP contribution in [0.4, 0.5) is 13.2 Å². The Morgan fingerprint density at radius 2 is 1.27 bits per heavy atom. The molecule has 1 heterocycles. The standard InChI is InChI=1S/C35H51N11O11.C2HF3O2/c1-18(2)28(46-29(51)21(36)15-27(49)50)33(55)43-23(10-11-26(47)48)31(53)44-24(13-19-7-4-3-5-8-19)32(54)42-22(9-6-12-40-35(37)38)30(52)45-25(34(56)57)14-20-16-39-17-41-20;3-2(4,5)1(6)7/h3-5,7-8,16-18,21-25,28H,6,9-15,36H2,1-2H3,(H,39,41)(H,42,54)(H,43,55)(H,44,53)(H,45,52)(H,46,51)(H,47,48)(H,49,50)(H,56,57)(H4,37,38,40);(H,6,7)/t21-,22-,23-,24-,25-,28-;/m0./s1. The maximum atomic E-state index is 14.0. The summed E-state index contributed by atoms with van der Waals surface area (Å²) in [6.07, 6.45) is -4.37. The van der Waals surface area contributed by atoms with E-state index in [1.807, 2.05) is 0 Å². The van der Waals surface area contributed by atoms with Crippen LogP contribution in [0.5, 0.6) is 0 Å². The number of hydrogen-bond donors (Lipinski definition) is 13. The third-order valence-electron chi connectivity index (χ3n) is 8.59. The van der Waals surface area contributed by atoms with Gasteiger partial charge in [0.15, 0.2) is 5.96 Å². The number of aliphatic imine (C=N–C) groups is 1. The van der Waals surface area contributed by atoms with Gasteiger partial charge in [0.1, 0.15) is 30.2 Å². The summed E-state index contributed by atoms with van der Waals surface area (Å²) in [4.78, 5) is 121. The van der Waals surface area contributed by atoms with Crippen molar-refractivity contribution in [1.29, 1.82) is 0 Å². The first kappa shape index (κ1) is 54.7. The molecule has 0 saturated carbocycles. The van der Waals surface area contributed by atoms with Crippen LogP contribution in [0, 0.1) is 5.92 Å². The number of carbonyl (C=O) groups is 9. The Hall–Kier alpha value is -7.32. The van der Waals surface area contributed by atoms with Crippen molar-refractivity contribution in [3.63, 3.8) is 0 Å². The van der Waals surface area contributed by atoms with Crippen molar-refractivity contribution in [1.82, 2.24) is 36.6 Å². The van der Waals surface area contributed by atoms with E-state index in [-0.39, 0.29) is 38.2 Å². The van der Waals surface area contributed by atoms with Crippen LogP contribution >= 0.6 is 0 Å². The molecular formula is C37H52F3N11O13. The molecule has 2 rings (SSSR count). The number of carbonyl (C=O) groups excluding carboxylic acids is 5. The Morgan fingerprint density at radius 1 is 0.734 bits per heavy atom. The average Bonchev–Trinajstić information content (AvgIpc) is 3.71. The second-order valence-corrected chi connectivity index (χ2v) is 14.2. The largest absolute Gasteiger partial charge is 0.490 e. The monoisotopic (exact) mass is 915 g/mol. The van der Waals surface area contributed by atoms with Crippen LogP contribution in [-0.2, 0) is 56.0 Å². The molecule has 1 aromatic carbocycles. The molecule has 0 saturated heterocycles. The van der Waals surface area contributed by atoms with Crippen LogP contribution in [0.3, 0.4) is 0 Å². The number of nitrogens with one attached hydrogen (secondary N) is 6. The lowest BCUT2D eigenvalue weighted by Crippen LogP contribution is -2.60. The van der Waals surface area contributed by atoms with Gasteiger partial charge in [0, 0.05) is 37.7 Å². The van der Waals surface area contributed by atoms with Gasteiger partial charge < -0.3 is 69.2 Å². The van der Waals surface area contributed by atoms with Gasteiger partial charge in [-0.25, -0.2) is 14.6 Å². The highest BCUT2D eigenvalue weighted by molar-refractivity contribution is 5.97. The quantitative estimate of drug-likeness (QED) is 0.0283. The number of aromatic nitrogens is 2. The molecule has 354 valence electrons. The normalized spacial score (nSPS) is 13.7. The van der Waals surface area contributed by atoms with Gasteiger partial charge in [-0.1, -0.05) is 44.2 Å². The maximum Gasteiger partial charge on any atom is 0.490 e. The first-order valence-electron chi connectivity index (χ1n) is 19.1. The number of carboxylic acid groups (broad SMARTS) is 4. The van der Waals surface area contributed by atoms with E-state index < -0.39 is 121 Å². The first-order chi connectivity index (χ1) is 29.8. The molecule has 5 amide bonds. The molecule has 0 aliphatic heterocycles. The molecule has 0 aliphatic carbocycles. The zero-order chi connectivity index (χ0) is 48.7. The van der Waals surface area contributed by atoms with Gasteiger partial charge in [0.05, 0.1) is 18.8 Å². The highest BCUT2D eigenvalue weighted by Crippen LogP contribution is 2.13. The number of carboxylic acids is 4. The number of aromatic amines is 1. The Morgan fingerprint density at radius 3 is 1.75 bits per heavy atom. The van der Waals surface area contributed by atoms with Crippen molar-refractivity contribution in [3.8, 4) is 0 Å². The molecule has 64 heavy (non-hydrogen) atoms. The van der Waals surface area contributed by atoms with Gasteiger partial charge in [-0.05, 0) is 30.7 Å². The number of nitrogens with zero attached hydrogens (tertiary/aromatic N) is 2. The van der Waals surface area contributed by atoms with E-state index >= 15 is 0 Å². The van der Waals surface area contributed by atoms with Crippen molar-refractivity contribution in [3.05, 3.63) is 54.1 Å². The number of alkyl halides is 3. The number of benzene rings is 1. The fourth-order valence-corrected chi connectivity index (χ4v) is 5.34. The second-order valence-electron chi connectivity index (χ2n) is 14.2. The number of imidazole rings is 1. The lowest BCUT2D eigenvalue weighted by Gasteiger charge is -2.28. The molecule has 0 unspecified atom stereocenters. The van der Waals surface area contributed by atoms with Gasteiger partial charge in [-0.15, -0.1) is 0 Å². The molecule has 0 bridgehead atoms. The van der Waals surface area contributed by atoms with Gasteiger partial charge in [0.2, 0.25) is 29.5 Å². The summed E-state index contributed by atoms with van der Waals surface area (Å²) in [7, 11) is 0. The van der Waals surface area contributed by atoms with Gasteiger partial charge in [0.25, 0.3) is 0 Å². The molecule has 24 nitrogen and oxygen atoms in total. The summed E-state index contributed by atoms with van der Waals surface area (Å²) in [6.45, 7) is 3.16. The number of aliphatic carboxylic acids is 4. The lowest BCUT2D eigenvalue weighted by atomic mass is 10.0. The molecule has 0 radical (unpaired) electrons. The fourth-order valence-electron chi connectivity index (χ4n) is 5.34. The molecule has 6 atom stereocenters. The van der Waals surface area contributed by atoms with Gasteiger partial charge in [-0.3, -0.25) is 38.6 Å². The predicted octanol–water partition coefficient (Wildman–Crippen LogP) is -2.29. The molecule has 1 aromatic heterocycles. The second kappa shape index (κ2) is 26.9. The van der Waals surface area contributed by atoms with Crippen LogP contribution in [0.25, 0.3) is 0 Å². The minimum absolute atomic E-state index is 0.0525. The summed E-state index contributed by atoms with van der Waals surface area (Å²) in [5.74, 6) is -12.2. The van der Waals surface area contributed by atoms with Gasteiger partial charge in [-0.2, -0.15) is 13.2 Å². The van der Waals surface area contributed by atoms with E-state index in [4.69, 9.17) is 32.2 Å². The molecule has 2 aromatic rings. The number of guanidine groups is 1. The topological polar surface area (TPSA) is 414 Å². The zero-order valence-corrected chi connectivity index (χ0v) is 34.5. The predicted molar refractivity (Wildman–Crippen MR) is 215 cm³/mol. The van der Waals surface area contributed by atoms with E-state index in [0.29, 0.717) is 11.3 Å². The molecule has 0 spiro atoms. The van der Waals surface area contributed by atoms with E-state index in [0.717, 1.165) is 0 Å². The van der Waals surface area contributed by atoms with E-state index in [1.165, 1.54) is 12.5 Å². The number of hydrogen-bond acceptors (Lipinski definition) is 12. The van der Waals surface area contributed by atoms with E-state index in [1.54, 1.807) is 44.2 Å². The molecule has 0 fully saturated rings. The van der Waals surface area contributed by atoms with Crippen molar-refractivity contribution in [2.24, 2.45) is 28.1 Å². The summed E-state index contributed by atoms with van der Waals surface area (Å²) in [5, 5.41) is 47.6. The maximum absolute atomic E-state index is 14.0. The highest BCUT2D eigenvalue weighted by Gasteiger charge is 2.38. The van der Waals surface area contributed by atoms with Crippen LogP contribution < -0.4 is 43.8 Å². The molecule has 27 heteroatoms. The van der Waals surface area contributed by atoms with Crippen molar-refractivity contribution >= 4 is 59.4 Å². The van der Waals surface area contributed by atoms with E-state index in [2.05, 4.69) is 41.5 Å². The van der Waals surface area contributed by atoms with Gasteiger partial charge >= 0.3 is 30.1 Å². The Kier molecular flexibility index (Phi) is 23.0. The number of halogens is 3. The molecule has 16 N–H and O–H groups in total. The van der Waals surface area contributed by atoms with E-state index in [9.17, 15) is 61.7 Å². The lowest BCUT2D eigenvalue weighted by molar-refractivity contribution is -0.192. The number of rotatable bonds is 25. The van der Waals surface area contributed by atoms with Crippen LogP contribution in [-0.4, -0.2) is 139 Å². The average molecular weight is 916 g/mol. The smallest absolute Gasteiger partial charge is 0.481 e. The molecular weight excluding hydrogens is 863 g/mol. The summed E-state index contributed by atoms with van der Waals surface area (Å²) in [5.41, 5.74) is 17.4. The summed E-state index contributed by atoms with van der Waals surface area (Å²) in [6, 6.07) is -0.239. The minimum Gasteiger partial charge on any atom is -0.481 e.